The minimum absolute atomic E-state index is 0.315. The smallest absolute Gasteiger partial charge is 0.191 e. The Hall–Kier alpha value is -0.153. The van der Waals surface area contributed by atoms with Crippen LogP contribution in [0.15, 0.2) is 0 Å². The molecule has 2 aliphatic carbocycles. The maximum atomic E-state index is 10.5. The van der Waals surface area contributed by atoms with E-state index >= 15 is 0 Å². The third kappa shape index (κ3) is 3.36. The Morgan fingerprint density at radius 3 is 2.55 bits per heavy atom. The summed E-state index contributed by atoms with van der Waals surface area (Å²) >= 11 is 0. The number of hydrogen-bond acceptors (Lipinski definition) is 2. The van der Waals surface area contributed by atoms with E-state index in [-0.39, 0.29) is 0 Å². The van der Waals surface area contributed by atoms with Gasteiger partial charge in [-0.3, -0.25) is 0 Å². The van der Waals surface area contributed by atoms with Crippen LogP contribution in [0.25, 0.3) is 0 Å². The number of aldehydes is 1. The molecule has 2 aliphatic rings. The third-order valence-electron chi connectivity index (χ3n) is 6.21. The zero-order valence-electron chi connectivity index (χ0n) is 14.2. The molecule has 2 nitrogen and oxygen atoms in total. The maximum Gasteiger partial charge on any atom is 0.191 e. The van der Waals surface area contributed by atoms with Crippen molar-refractivity contribution in [3.63, 3.8) is 0 Å². The Kier molecular flexibility index (Phi) is 4.25. The molecule has 2 rings (SSSR count). The molecule has 0 aromatic carbocycles. The summed E-state index contributed by atoms with van der Waals surface area (Å²) in [6.45, 7) is 14.9. The molecule has 0 unspecified atom stereocenters. The van der Waals surface area contributed by atoms with Crippen LogP contribution in [-0.4, -0.2) is 21.2 Å². The van der Waals surface area contributed by atoms with Gasteiger partial charge in [-0.05, 0) is 60.6 Å². The molecule has 2 saturated carbocycles. The fourth-order valence-corrected chi connectivity index (χ4v) is 4.34. The molecule has 4 atom stereocenters. The summed E-state index contributed by atoms with van der Waals surface area (Å²) in [5.74, 6) is 2.55. The third-order valence-corrected chi connectivity index (χ3v) is 10.7. The highest BCUT2D eigenvalue weighted by Crippen LogP contribution is 2.66. The molecule has 2 fully saturated rings. The average Bonchev–Trinajstić information content (AvgIpc) is 3.19. The molecule has 0 bridgehead atoms. The summed E-state index contributed by atoms with van der Waals surface area (Å²) in [7, 11) is -1.57. The first-order valence-corrected chi connectivity index (χ1v) is 11.1. The minimum Gasteiger partial charge on any atom is -0.417 e. The normalized spacial score (nSPS) is 36.8. The van der Waals surface area contributed by atoms with E-state index in [1.165, 1.54) is 12.8 Å². The van der Waals surface area contributed by atoms with Crippen LogP contribution in [0.3, 0.4) is 0 Å². The lowest BCUT2D eigenvalue weighted by Crippen LogP contribution is -2.41. The Bertz CT molecular complexity index is 372. The van der Waals surface area contributed by atoms with E-state index in [1.54, 1.807) is 0 Å². The van der Waals surface area contributed by atoms with Gasteiger partial charge in [0.1, 0.15) is 6.29 Å². The minimum atomic E-state index is -1.57. The molecule has 116 valence electrons. The monoisotopic (exact) mass is 296 g/mol. The highest BCUT2D eigenvalue weighted by atomic mass is 28.4. The second-order valence-corrected chi connectivity index (χ2v) is 13.7. The van der Waals surface area contributed by atoms with Crippen LogP contribution < -0.4 is 0 Å². The maximum absolute atomic E-state index is 10.5. The van der Waals surface area contributed by atoms with Gasteiger partial charge in [0.2, 0.25) is 0 Å². The lowest BCUT2D eigenvalue weighted by Gasteiger charge is -2.36. The van der Waals surface area contributed by atoms with E-state index in [2.05, 4.69) is 40.8 Å². The molecular formula is C17H32O2Si. The lowest BCUT2D eigenvalue weighted by atomic mass is 9.97. The van der Waals surface area contributed by atoms with Crippen molar-refractivity contribution >= 4 is 14.6 Å². The quantitative estimate of drug-likeness (QED) is 0.505. The van der Waals surface area contributed by atoms with E-state index in [9.17, 15) is 4.79 Å². The van der Waals surface area contributed by atoms with Crippen LogP contribution in [0, 0.1) is 23.2 Å². The number of hydrogen-bond donors (Lipinski definition) is 0. The fraction of sp³-hybridized carbons (Fsp3) is 0.941. The molecule has 0 saturated heterocycles. The van der Waals surface area contributed by atoms with E-state index in [0.29, 0.717) is 10.5 Å². The van der Waals surface area contributed by atoms with Gasteiger partial charge in [0.05, 0.1) is 0 Å². The molecule has 0 aromatic rings. The van der Waals surface area contributed by atoms with E-state index in [4.69, 9.17) is 4.43 Å². The summed E-state index contributed by atoms with van der Waals surface area (Å²) in [4.78, 5) is 10.5. The van der Waals surface area contributed by atoms with E-state index in [0.717, 1.165) is 43.5 Å². The number of carbonyl (C=O) groups is 1. The Morgan fingerprint density at radius 2 is 2.00 bits per heavy atom. The zero-order valence-corrected chi connectivity index (χ0v) is 15.2. The molecule has 0 aliphatic heterocycles. The van der Waals surface area contributed by atoms with Crippen molar-refractivity contribution < 1.29 is 9.22 Å². The zero-order chi connectivity index (χ0) is 15.2. The summed E-state index contributed by atoms with van der Waals surface area (Å²) in [5.41, 5.74) is 0.470. The van der Waals surface area contributed by atoms with Gasteiger partial charge >= 0.3 is 0 Å². The molecule has 3 heteroatoms. The van der Waals surface area contributed by atoms with Crippen molar-refractivity contribution in [2.75, 3.05) is 6.61 Å². The van der Waals surface area contributed by atoms with Crippen molar-refractivity contribution in [1.82, 2.24) is 0 Å². The van der Waals surface area contributed by atoms with Gasteiger partial charge in [0.25, 0.3) is 0 Å². The highest BCUT2D eigenvalue weighted by Gasteiger charge is 2.59. The second-order valence-electron chi connectivity index (χ2n) is 8.90. The van der Waals surface area contributed by atoms with Crippen LogP contribution >= 0.6 is 0 Å². The van der Waals surface area contributed by atoms with Gasteiger partial charge < -0.3 is 9.22 Å². The van der Waals surface area contributed by atoms with Crippen LogP contribution in [0.1, 0.15) is 53.4 Å². The molecule has 0 spiro atoms. The predicted octanol–water partition coefficient (Wildman–Crippen LogP) is 4.65. The molecule has 0 amide bonds. The topological polar surface area (TPSA) is 26.3 Å². The average molecular weight is 297 g/mol. The van der Waals surface area contributed by atoms with Gasteiger partial charge in [-0.1, -0.05) is 27.7 Å². The number of carbonyl (C=O) groups excluding carboxylic acids is 1. The summed E-state index contributed by atoms with van der Waals surface area (Å²) in [6, 6.07) is 0. The van der Waals surface area contributed by atoms with Gasteiger partial charge in [-0.2, -0.15) is 0 Å². The summed E-state index contributed by atoms with van der Waals surface area (Å²) in [5, 5.41) is 0.315. The fourth-order valence-electron chi connectivity index (χ4n) is 3.28. The summed E-state index contributed by atoms with van der Waals surface area (Å²) < 4.78 is 6.36. The van der Waals surface area contributed by atoms with Crippen LogP contribution in [0.5, 0.6) is 0 Å². The summed E-state index contributed by atoms with van der Waals surface area (Å²) in [6.07, 6.45) is 5.60. The highest BCUT2D eigenvalue weighted by molar-refractivity contribution is 6.74. The SMILES string of the molecule is CC(C)(C)[Si](C)(C)OC[C@H]1C[C@@H]1[C@H]1C[C@]1(C)CCC=O. The molecule has 0 N–H and O–H groups in total. The Balaban J connectivity index is 1.73. The van der Waals surface area contributed by atoms with Gasteiger partial charge in [0.15, 0.2) is 8.32 Å². The second kappa shape index (κ2) is 5.24. The van der Waals surface area contributed by atoms with Gasteiger partial charge in [-0.15, -0.1) is 0 Å². The molecule has 0 radical (unpaired) electrons. The largest absolute Gasteiger partial charge is 0.417 e. The Morgan fingerprint density at radius 1 is 1.35 bits per heavy atom. The van der Waals surface area contributed by atoms with Crippen LogP contribution in [0.4, 0.5) is 0 Å². The molecule has 20 heavy (non-hydrogen) atoms. The standard InChI is InChI=1S/C17H32O2Si/c1-16(2,3)20(5,6)19-12-13-10-14(13)15-11-17(15,4)8-7-9-18/h9,13-15H,7-8,10-12H2,1-6H3/t13-,14+,15-,17+/m1/s1. The van der Waals surface area contributed by atoms with E-state index in [1.807, 2.05) is 0 Å². The van der Waals surface area contributed by atoms with Crippen molar-refractivity contribution in [2.24, 2.45) is 23.2 Å². The van der Waals surface area contributed by atoms with Crippen LogP contribution in [0.2, 0.25) is 18.1 Å². The van der Waals surface area contributed by atoms with E-state index < -0.39 is 8.32 Å². The molecule has 0 heterocycles. The first-order valence-electron chi connectivity index (χ1n) is 8.18. The van der Waals surface area contributed by atoms with Crippen molar-refractivity contribution in [3.05, 3.63) is 0 Å². The number of rotatable bonds is 7. The van der Waals surface area contributed by atoms with Crippen molar-refractivity contribution in [1.29, 1.82) is 0 Å². The first kappa shape index (κ1) is 16.2. The van der Waals surface area contributed by atoms with Crippen molar-refractivity contribution in [2.45, 2.75) is 71.5 Å². The Labute approximate surface area is 125 Å². The molecular weight excluding hydrogens is 264 g/mol. The molecule has 0 aromatic heterocycles. The lowest BCUT2D eigenvalue weighted by molar-refractivity contribution is -0.108. The van der Waals surface area contributed by atoms with Crippen molar-refractivity contribution in [3.8, 4) is 0 Å². The van der Waals surface area contributed by atoms with Crippen LogP contribution in [-0.2, 0) is 9.22 Å². The predicted molar refractivity (Wildman–Crippen MR) is 86.3 cm³/mol. The van der Waals surface area contributed by atoms with Gasteiger partial charge in [0, 0.05) is 13.0 Å². The van der Waals surface area contributed by atoms with Gasteiger partial charge in [-0.25, -0.2) is 0 Å². The first-order chi connectivity index (χ1) is 9.11.